The number of nitrogens with zero attached hydrogens (tertiary/aromatic N) is 2. The molecule has 1 saturated heterocycles. The summed E-state index contributed by atoms with van der Waals surface area (Å²) in [6.07, 6.45) is -2.58. The minimum absolute atomic E-state index is 0.267. The number of aliphatic imine (C=N–C) groups is 1. The molecule has 2 heterocycles. The van der Waals surface area contributed by atoms with Crippen LogP contribution < -0.4 is 5.32 Å². The lowest BCUT2D eigenvalue weighted by Crippen LogP contribution is -2.40. The molecule has 2 aliphatic rings. The van der Waals surface area contributed by atoms with E-state index in [1.807, 2.05) is 13.0 Å². The van der Waals surface area contributed by atoms with Crippen molar-refractivity contribution in [3.63, 3.8) is 0 Å². The van der Waals surface area contributed by atoms with Crippen LogP contribution in [0.5, 0.6) is 0 Å². The predicted octanol–water partition coefficient (Wildman–Crippen LogP) is 2.35. The number of likely N-dealkylation sites (N-methyl/N-ethyl adjacent to an activating group) is 1. The second-order valence-electron chi connectivity index (χ2n) is 6.49. The molecule has 0 aliphatic carbocycles. The highest BCUT2D eigenvalue weighted by molar-refractivity contribution is 6.14. The summed E-state index contributed by atoms with van der Waals surface area (Å²) in [7, 11) is 1.57. The van der Waals surface area contributed by atoms with Crippen LogP contribution in [0.1, 0.15) is 24.0 Å². The number of carbonyl (C=O) groups excluding carboxylic acids is 2. The van der Waals surface area contributed by atoms with Crippen LogP contribution in [0.15, 0.2) is 40.9 Å². The Morgan fingerprint density at radius 2 is 1.92 bits per heavy atom. The monoisotopic (exact) mass is 365 g/mol. The zero-order valence-corrected chi connectivity index (χ0v) is 14.3. The van der Waals surface area contributed by atoms with Gasteiger partial charge in [0.25, 0.3) is 0 Å². The van der Waals surface area contributed by atoms with Crippen LogP contribution in [0.2, 0.25) is 0 Å². The van der Waals surface area contributed by atoms with E-state index in [0.717, 1.165) is 17.7 Å². The van der Waals surface area contributed by atoms with Gasteiger partial charge in [-0.15, -0.1) is 0 Å². The van der Waals surface area contributed by atoms with Gasteiger partial charge in [0, 0.05) is 19.5 Å². The SMILES string of the molecule is CC1=CCN=C1NC(=O)[C@@H]1C(=O)N(C)C[C@H]1c1ccc(C(F)(F)F)cc1. The number of amidine groups is 1. The van der Waals surface area contributed by atoms with Crippen LogP contribution in [0, 0.1) is 5.92 Å². The molecule has 2 atom stereocenters. The van der Waals surface area contributed by atoms with Crippen LogP contribution >= 0.6 is 0 Å². The molecule has 0 spiro atoms. The molecule has 138 valence electrons. The van der Waals surface area contributed by atoms with Crippen molar-refractivity contribution in [2.24, 2.45) is 10.9 Å². The van der Waals surface area contributed by atoms with Crippen LogP contribution in [0.4, 0.5) is 13.2 Å². The second kappa shape index (κ2) is 6.59. The highest BCUT2D eigenvalue weighted by atomic mass is 19.4. The lowest BCUT2D eigenvalue weighted by Gasteiger charge is -2.18. The molecule has 2 aliphatic heterocycles. The maximum atomic E-state index is 12.7. The Balaban J connectivity index is 1.84. The van der Waals surface area contributed by atoms with Crippen molar-refractivity contribution >= 4 is 17.6 Å². The van der Waals surface area contributed by atoms with E-state index in [-0.39, 0.29) is 12.5 Å². The number of hydrogen-bond donors (Lipinski definition) is 1. The first-order chi connectivity index (χ1) is 12.2. The predicted molar refractivity (Wildman–Crippen MR) is 89.5 cm³/mol. The Hall–Kier alpha value is -2.64. The van der Waals surface area contributed by atoms with E-state index >= 15 is 0 Å². The van der Waals surface area contributed by atoms with Crippen LogP contribution in [-0.4, -0.2) is 42.7 Å². The topological polar surface area (TPSA) is 61.8 Å². The van der Waals surface area contributed by atoms with Gasteiger partial charge in [0.05, 0.1) is 12.1 Å². The molecule has 0 radical (unpaired) electrons. The van der Waals surface area contributed by atoms with Gasteiger partial charge in [0.1, 0.15) is 11.8 Å². The molecule has 0 unspecified atom stereocenters. The highest BCUT2D eigenvalue weighted by Crippen LogP contribution is 2.35. The fourth-order valence-electron chi connectivity index (χ4n) is 3.24. The maximum Gasteiger partial charge on any atom is 0.416 e. The van der Waals surface area contributed by atoms with E-state index in [1.165, 1.54) is 17.0 Å². The molecular weight excluding hydrogens is 347 g/mol. The molecule has 5 nitrogen and oxygen atoms in total. The van der Waals surface area contributed by atoms with Gasteiger partial charge in [0.2, 0.25) is 11.8 Å². The van der Waals surface area contributed by atoms with Gasteiger partial charge in [-0.3, -0.25) is 14.6 Å². The van der Waals surface area contributed by atoms with Gasteiger partial charge < -0.3 is 10.2 Å². The van der Waals surface area contributed by atoms with E-state index in [1.54, 1.807) is 7.05 Å². The molecule has 2 amide bonds. The third kappa shape index (κ3) is 3.36. The van der Waals surface area contributed by atoms with Crippen molar-refractivity contribution in [1.29, 1.82) is 0 Å². The fourth-order valence-corrected chi connectivity index (χ4v) is 3.24. The van der Waals surface area contributed by atoms with E-state index in [9.17, 15) is 22.8 Å². The van der Waals surface area contributed by atoms with Crippen LogP contribution in [0.3, 0.4) is 0 Å². The molecule has 26 heavy (non-hydrogen) atoms. The molecule has 0 bridgehead atoms. The van der Waals surface area contributed by atoms with Crippen molar-refractivity contribution in [1.82, 2.24) is 10.2 Å². The Bertz CT molecular complexity index is 797. The molecule has 1 fully saturated rings. The summed E-state index contributed by atoms with van der Waals surface area (Å²) in [5, 5.41) is 2.67. The van der Waals surface area contributed by atoms with E-state index in [0.29, 0.717) is 17.9 Å². The molecule has 1 aromatic carbocycles. The molecule has 3 rings (SSSR count). The summed E-state index contributed by atoms with van der Waals surface area (Å²) in [5.74, 6) is -1.91. The smallest absolute Gasteiger partial charge is 0.344 e. The standard InChI is InChI=1S/C18H18F3N3O2/c1-10-7-8-22-15(10)23-16(25)14-13(9-24(2)17(14)26)11-3-5-12(6-4-11)18(19,20)21/h3-7,13-14H,8-9H2,1-2H3,(H,22,23,25)/t13-,14+/m0/s1. The van der Waals surface area contributed by atoms with Crippen molar-refractivity contribution < 1.29 is 22.8 Å². The summed E-state index contributed by atoms with van der Waals surface area (Å²) in [6.45, 7) is 2.55. The quantitative estimate of drug-likeness (QED) is 0.818. The third-order valence-electron chi connectivity index (χ3n) is 4.73. The van der Waals surface area contributed by atoms with Gasteiger partial charge >= 0.3 is 6.18 Å². The number of nitrogens with one attached hydrogen (secondary N) is 1. The Morgan fingerprint density at radius 1 is 1.27 bits per heavy atom. The van der Waals surface area contributed by atoms with Crippen LogP contribution in [-0.2, 0) is 15.8 Å². The lowest BCUT2D eigenvalue weighted by atomic mass is 9.87. The number of carbonyl (C=O) groups is 2. The van der Waals surface area contributed by atoms with E-state index in [4.69, 9.17) is 0 Å². The summed E-state index contributed by atoms with van der Waals surface area (Å²) >= 11 is 0. The second-order valence-corrected chi connectivity index (χ2v) is 6.49. The number of alkyl halides is 3. The summed E-state index contributed by atoms with van der Waals surface area (Å²) in [5.41, 5.74) is 0.584. The van der Waals surface area contributed by atoms with E-state index < -0.39 is 29.5 Å². The average molecular weight is 365 g/mol. The lowest BCUT2D eigenvalue weighted by molar-refractivity contribution is -0.138. The van der Waals surface area contributed by atoms with Gasteiger partial charge in [-0.25, -0.2) is 0 Å². The summed E-state index contributed by atoms with van der Waals surface area (Å²) < 4.78 is 38.2. The molecular formula is C18H18F3N3O2. The van der Waals surface area contributed by atoms with E-state index in [2.05, 4.69) is 10.3 Å². The Kier molecular flexibility index (Phi) is 4.60. The van der Waals surface area contributed by atoms with Crippen molar-refractivity contribution in [2.75, 3.05) is 20.1 Å². The molecule has 0 saturated carbocycles. The fraction of sp³-hybridized carbons (Fsp3) is 0.389. The zero-order chi connectivity index (χ0) is 19.1. The number of rotatable bonds is 2. The van der Waals surface area contributed by atoms with Crippen molar-refractivity contribution in [3.05, 3.63) is 47.0 Å². The first-order valence-electron chi connectivity index (χ1n) is 8.13. The normalized spacial score (nSPS) is 23.1. The summed E-state index contributed by atoms with van der Waals surface area (Å²) in [4.78, 5) is 30.7. The largest absolute Gasteiger partial charge is 0.416 e. The number of benzene rings is 1. The Labute approximate surface area is 148 Å². The Morgan fingerprint density at radius 3 is 2.46 bits per heavy atom. The first kappa shape index (κ1) is 18.2. The minimum atomic E-state index is -4.43. The number of amides is 2. The van der Waals surface area contributed by atoms with Crippen LogP contribution in [0.25, 0.3) is 0 Å². The van der Waals surface area contributed by atoms with Gasteiger partial charge in [-0.05, 0) is 30.2 Å². The third-order valence-corrected chi connectivity index (χ3v) is 4.73. The average Bonchev–Trinajstić information content (AvgIpc) is 3.11. The minimum Gasteiger partial charge on any atom is -0.344 e. The summed E-state index contributed by atoms with van der Waals surface area (Å²) in [6, 6.07) is 4.61. The van der Waals surface area contributed by atoms with Crippen molar-refractivity contribution in [3.8, 4) is 0 Å². The maximum absolute atomic E-state index is 12.7. The zero-order valence-electron chi connectivity index (χ0n) is 14.3. The first-order valence-corrected chi connectivity index (χ1v) is 8.13. The van der Waals surface area contributed by atoms with Gasteiger partial charge in [0.15, 0.2) is 0 Å². The molecule has 0 aromatic heterocycles. The highest BCUT2D eigenvalue weighted by Gasteiger charge is 2.44. The van der Waals surface area contributed by atoms with Gasteiger partial charge in [-0.1, -0.05) is 18.2 Å². The molecule has 1 aromatic rings. The van der Waals surface area contributed by atoms with Gasteiger partial charge in [-0.2, -0.15) is 13.2 Å². The molecule has 1 N–H and O–H groups in total. The van der Waals surface area contributed by atoms with Crippen molar-refractivity contribution in [2.45, 2.75) is 19.0 Å². The number of halogens is 3. The number of likely N-dealkylation sites (tertiary alicyclic amines) is 1. The molecule has 8 heteroatoms. The number of hydrogen-bond acceptors (Lipinski definition) is 3.